The lowest BCUT2D eigenvalue weighted by atomic mass is 10.2. The van der Waals surface area contributed by atoms with Crippen molar-refractivity contribution in [3.8, 4) is 11.4 Å². The molecular formula is C19H25ClN4O2S. The van der Waals surface area contributed by atoms with Crippen molar-refractivity contribution in [2.24, 2.45) is 0 Å². The maximum absolute atomic E-state index is 11.5. The normalized spacial score (nSPS) is 17.0. The monoisotopic (exact) mass is 408 g/mol. The Morgan fingerprint density at radius 3 is 2.52 bits per heavy atom. The van der Waals surface area contributed by atoms with Crippen molar-refractivity contribution in [3.05, 3.63) is 41.0 Å². The number of rotatable bonds is 7. The lowest BCUT2D eigenvalue weighted by Crippen LogP contribution is -2.41. The maximum atomic E-state index is 11.5. The molecule has 1 aliphatic heterocycles. The summed E-state index contributed by atoms with van der Waals surface area (Å²) in [6.07, 6.45) is 1.66. The van der Waals surface area contributed by atoms with E-state index in [9.17, 15) is 8.42 Å². The highest BCUT2D eigenvalue weighted by Crippen LogP contribution is 2.26. The fraction of sp³-hybridized carbons (Fsp3) is 0.474. The van der Waals surface area contributed by atoms with E-state index in [-0.39, 0.29) is 11.5 Å². The minimum atomic E-state index is -2.82. The van der Waals surface area contributed by atoms with Crippen molar-refractivity contribution < 1.29 is 8.42 Å². The molecule has 0 radical (unpaired) electrons. The van der Waals surface area contributed by atoms with Crippen LogP contribution in [0.3, 0.4) is 0 Å². The number of hydrogen-bond acceptors (Lipinski definition) is 6. The molecule has 0 saturated carbocycles. The zero-order valence-electron chi connectivity index (χ0n) is 15.5. The first-order valence-electron chi connectivity index (χ1n) is 9.27. The Morgan fingerprint density at radius 1 is 1.15 bits per heavy atom. The van der Waals surface area contributed by atoms with E-state index in [0.717, 1.165) is 42.9 Å². The topological polar surface area (TPSA) is 75.2 Å². The summed E-state index contributed by atoms with van der Waals surface area (Å²) in [4.78, 5) is 11.3. The van der Waals surface area contributed by atoms with E-state index in [1.165, 1.54) is 0 Å². The van der Waals surface area contributed by atoms with Gasteiger partial charge < -0.3 is 10.2 Å². The van der Waals surface area contributed by atoms with Gasteiger partial charge in [0.25, 0.3) is 0 Å². The molecule has 1 saturated heterocycles. The van der Waals surface area contributed by atoms with Crippen LogP contribution < -0.4 is 5.32 Å². The van der Waals surface area contributed by atoms with Crippen molar-refractivity contribution >= 4 is 27.3 Å². The smallest absolute Gasteiger partial charge is 0.163 e. The summed E-state index contributed by atoms with van der Waals surface area (Å²) in [5.41, 5.74) is 1.85. The molecule has 3 rings (SSSR count). The van der Waals surface area contributed by atoms with Gasteiger partial charge in [-0.1, -0.05) is 48.9 Å². The fourth-order valence-electron chi connectivity index (χ4n) is 3.12. The lowest BCUT2D eigenvalue weighted by Gasteiger charge is -2.26. The summed E-state index contributed by atoms with van der Waals surface area (Å²) in [5, 5.41) is 3.87. The summed E-state index contributed by atoms with van der Waals surface area (Å²) in [5.74, 6) is 1.92. The van der Waals surface area contributed by atoms with Crippen LogP contribution >= 0.6 is 11.6 Å². The van der Waals surface area contributed by atoms with E-state index in [2.05, 4.69) is 20.2 Å². The molecule has 8 heteroatoms. The first kappa shape index (κ1) is 20.0. The minimum Gasteiger partial charge on any atom is -0.370 e. The Balaban J connectivity index is 1.61. The molecule has 0 amide bonds. The third-order valence-electron chi connectivity index (χ3n) is 4.72. The molecule has 2 aromatic rings. The average molecular weight is 409 g/mol. The van der Waals surface area contributed by atoms with Crippen LogP contribution in [0, 0.1) is 0 Å². The van der Waals surface area contributed by atoms with Crippen LogP contribution in [0.25, 0.3) is 11.4 Å². The third-order valence-corrected chi connectivity index (χ3v) is 6.64. The van der Waals surface area contributed by atoms with Crippen molar-refractivity contribution in [2.45, 2.75) is 19.8 Å². The molecular weight excluding hydrogens is 384 g/mol. The van der Waals surface area contributed by atoms with Crippen LogP contribution in [0.2, 0.25) is 5.15 Å². The number of nitrogens with one attached hydrogen (secondary N) is 1. The van der Waals surface area contributed by atoms with Gasteiger partial charge in [-0.15, -0.1) is 0 Å². The molecule has 2 heterocycles. The van der Waals surface area contributed by atoms with Gasteiger partial charge in [0.05, 0.1) is 11.5 Å². The highest BCUT2D eigenvalue weighted by atomic mass is 35.5. The number of aromatic nitrogens is 2. The first-order chi connectivity index (χ1) is 13.0. The Labute approximate surface area is 165 Å². The van der Waals surface area contributed by atoms with E-state index in [1.54, 1.807) is 0 Å². The molecule has 1 N–H and O–H groups in total. The van der Waals surface area contributed by atoms with Gasteiger partial charge in [0.1, 0.15) is 11.0 Å². The maximum Gasteiger partial charge on any atom is 0.163 e. The number of nitrogens with zero attached hydrogens (tertiary/aromatic N) is 3. The SMILES string of the molecule is CCc1c(Cl)nc(-c2ccccc2)nc1NCCCN1CCS(=O)(=O)CC1. The number of halogens is 1. The molecule has 1 aliphatic rings. The van der Waals surface area contributed by atoms with E-state index < -0.39 is 9.84 Å². The second kappa shape index (κ2) is 8.99. The molecule has 0 aliphatic carbocycles. The Bertz CT molecular complexity index is 861. The van der Waals surface area contributed by atoms with Crippen LogP contribution in [0.5, 0.6) is 0 Å². The second-order valence-electron chi connectivity index (χ2n) is 6.66. The van der Waals surface area contributed by atoms with Crippen LogP contribution in [-0.4, -0.2) is 61.0 Å². The Kier molecular flexibility index (Phi) is 6.68. The molecule has 6 nitrogen and oxygen atoms in total. The van der Waals surface area contributed by atoms with E-state index in [4.69, 9.17) is 11.6 Å². The number of hydrogen-bond donors (Lipinski definition) is 1. The van der Waals surface area contributed by atoms with Gasteiger partial charge in [0.2, 0.25) is 0 Å². The first-order valence-corrected chi connectivity index (χ1v) is 11.5. The van der Waals surface area contributed by atoms with Gasteiger partial charge in [-0.3, -0.25) is 0 Å². The molecule has 27 heavy (non-hydrogen) atoms. The van der Waals surface area contributed by atoms with Gasteiger partial charge in [0.15, 0.2) is 15.7 Å². The summed E-state index contributed by atoms with van der Waals surface area (Å²) in [7, 11) is -2.82. The molecule has 1 fully saturated rings. The molecule has 0 bridgehead atoms. The zero-order valence-corrected chi connectivity index (χ0v) is 17.1. The van der Waals surface area contributed by atoms with Crippen LogP contribution in [-0.2, 0) is 16.3 Å². The zero-order chi connectivity index (χ0) is 19.3. The predicted octanol–water partition coefficient (Wildman–Crippen LogP) is 2.89. The summed E-state index contributed by atoms with van der Waals surface area (Å²) >= 11 is 6.39. The van der Waals surface area contributed by atoms with Gasteiger partial charge in [0, 0.05) is 30.8 Å². The predicted molar refractivity (Wildman–Crippen MR) is 110 cm³/mol. The van der Waals surface area contributed by atoms with Crippen LogP contribution in [0.15, 0.2) is 30.3 Å². The number of anilines is 1. The van der Waals surface area contributed by atoms with Crippen molar-refractivity contribution in [2.75, 3.05) is 43.0 Å². The molecule has 0 spiro atoms. The quantitative estimate of drug-likeness (QED) is 0.560. The Morgan fingerprint density at radius 2 is 1.85 bits per heavy atom. The molecule has 0 unspecified atom stereocenters. The van der Waals surface area contributed by atoms with Crippen molar-refractivity contribution in [1.82, 2.24) is 14.9 Å². The lowest BCUT2D eigenvalue weighted by molar-refractivity contribution is 0.294. The molecule has 146 valence electrons. The summed E-state index contributed by atoms with van der Waals surface area (Å²) in [6, 6.07) is 9.78. The summed E-state index contributed by atoms with van der Waals surface area (Å²) in [6.45, 7) is 4.90. The average Bonchev–Trinajstić information content (AvgIpc) is 2.66. The highest BCUT2D eigenvalue weighted by Gasteiger charge is 2.21. The van der Waals surface area contributed by atoms with Crippen LogP contribution in [0.4, 0.5) is 5.82 Å². The van der Waals surface area contributed by atoms with E-state index in [0.29, 0.717) is 24.1 Å². The number of sulfone groups is 1. The molecule has 1 aromatic carbocycles. The highest BCUT2D eigenvalue weighted by molar-refractivity contribution is 7.91. The van der Waals surface area contributed by atoms with Gasteiger partial charge in [-0.05, 0) is 19.4 Å². The van der Waals surface area contributed by atoms with Gasteiger partial charge >= 0.3 is 0 Å². The second-order valence-corrected chi connectivity index (χ2v) is 9.32. The number of benzene rings is 1. The Hall–Kier alpha value is -1.70. The van der Waals surface area contributed by atoms with E-state index in [1.807, 2.05) is 37.3 Å². The van der Waals surface area contributed by atoms with Gasteiger partial charge in [-0.2, -0.15) is 0 Å². The van der Waals surface area contributed by atoms with Crippen molar-refractivity contribution in [3.63, 3.8) is 0 Å². The van der Waals surface area contributed by atoms with Crippen molar-refractivity contribution in [1.29, 1.82) is 0 Å². The molecule has 0 atom stereocenters. The van der Waals surface area contributed by atoms with E-state index >= 15 is 0 Å². The third kappa shape index (κ3) is 5.40. The van der Waals surface area contributed by atoms with Gasteiger partial charge in [-0.25, -0.2) is 18.4 Å². The summed E-state index contributed by atoms with van der Waals surface area (Å²) < 4.78 is 23.0. The minimum absolute atomic E-state index is 0.266. The largest absolute Gasteiger partial charge is 0.370 e. The standard InChI is InChI=1S/C19H25ClN4O2S/c1-2-16-17(20)22-18(15-7-4-3-5-8-15)23-19(16)21-9-6-10-24-11-13-27(25,26)14-12-24/h3-5,7-8H,2,6,9-14H2,1H3,(H,21,22,23). The van der Waals surface area contributed by atoms with Crippen LogP contribution in [0.1, 0.15) is 18.9 Å². The molecule has 1 aromatic heterocycles. The fourth-order valence-corrected chi connectivity index (χ4v) is 4.70.